The molecule has 0 aromatic heterocycles. The Balaban J connectivity index is -0.00000000848. The Kier molecular flexibility index (Phi) is 56.6. The Hall–Kier alpha value is 1.47. The van der Waals surface area contributed by atoms with Crippen molar-refractivity contribution >= 4 is 11.4 Å². The zero-order valence-corrected chi connectivity index (χ0v) is 9.83. The Morgan fingerprint density at radius 1 is 1.33 bits per heavy atom. The van der Waals surface area contributed by atoms with Crippen LogP contribution in [0.3, 0.4) is 0 Å². The Morgan fingerprint density at radius 3 is 1.33 bits per heavy atom. The largest absolute Gasteiger partial charge is 1.00 e. The molecule has 9 heteroatoms. The van der Waals surface area contributed by atoms with E-state index in [9.17, 15) is 0 Å². The molecule has 3 N–H and O–H groups in total. The van der Waals surface area contributed by atoms with Gasteiger partial charge in [-0.05, 0) is 0 Å². The average Bonchev–Trinajstić information content (AvgIpc) is 1.33. The molecule has 0 aliphatic heterocycles. The molecule has 0 spiro atoms. The van der Waals surface area contributed by atoms with Gasteiger partial charge in [-0.2, -0.15) is 4.21 Å². The van der Waals surface area contributed by atoms with E-state index in [4.69, 9.17) is 23.4 Å². The molecule has 0 saturated carbocycles. The summed E-state index contributed by atoms with van der Waals surface area (Å²) in [5, 5.41) is 7.89. The monoisotopic (exact) mass is 177 g/mol. The molecular weight excluding hydrogens is 172 g/mol. The molecule has 0 radical (unpaired) electrons. The smallest absolute Gasteiger partial charge is 1.00 e. The molecule has 48 valence electrons. The van der Waals surface area contributed by atoms with Gasteiger partial charge in [-0.25, -0.2) is 0 Å². The van der Waals surface area contributed by atoms with Crippen LogP contribution in [-0.4, -0.2) is 18.5 Å². The molecule has 0 saturated heterocycles. The van der Waals surface area contributed by atoms with Crippen molar-refractivity contribution in [1.29, 1.82) is 0 Å². The maximum absolute atomic E-state index is 8.67. The van der Waals surface area contributed by atoms with Crippen LogP contribution >= 0.6 is 0 Å². The van der Waals surface area contributed by atoms with Crippen LogP contribution in [-0.2, 0) is 11.4 Å². The van der Waals surface area contributed by atoms with Gasteiger partial charge in [0.2, 0.25) is 0 Å². The molecule has 0 heterocycles. The molecule has 0 aliphatic rings. The molecule has 0 fully saturated rings. The van der Waals surface area contributed by atoms with E-state index in [1.165, 1.54) is 5.34 Å². The fourth-order valence-corrected chi connectivity index (χ4v) is 0. The van der Waals surface area contributed by atoms with Gasteiger partial charge in [0.15, 0.2) is 5.34 Å². The molecule has 0 unspecified atom stereocenters. The Labute approximate surface area is 101 Å². The van der Waals surface area contributed by atoms with Gasteiger partial charge in [0.1, 0.15) is 0 Å². The second-order valence-electron chi connectivity index (χ2n) is 0.312. The third-order valence-corrected chi connectivity index (χ3v) is 0. The maximum atomic E-state index is 8.67. The minimum atomic E-state index is -2.61. The number of hydrogen-bond donors (Lipinski definition) is 3. The van der Waals surface area contributed by atoms with Crippen molar-refractivity contribution in [2.45, 2.75) is 0 Å². The summed E-state index contributed by atoms with van der Waals surface area (Å²) in [5.41, 5.74) is 0. The maximum Gasteiger partial charge on any atom is 1.00 e. The molecule has 6 nitrogen and oxygen atoms in total. The van der Waals surface area contributed by atoms with Crippen LogP contribution in [0, 0.1) is 4.91 Å². The van der Waals surface area contributed by atoms with Gasteiger partial charge in [-0.3, -0.25) is 9.11 Å². The molecular formula is H5NNa2O5S. The van der Waals surface area contributed by atoms with Gasteiger partial charge in [-0.15, -0.1) is 4.91 Å². The van der Waals surface area contributed by atoms with Gasteiger partial charge in [-0.1, -0.05) is 0 Å². The molecule has 9 heavy (non-hydrogen) atoms. The van der Waals surface area contributed by atoms with Crippen molar-refractivity contribution in [2.75, 3.05) is 0 Å². The second kappa shape index (κ2) is 22.7. The number of rotatable bonds is 0. The van der Waals surface area contributed by atoms with Gasteiger partial charge in [0, 0.05) is 0 Å². The summed E-state index contributed by atoms with van der Waals surface area (Å²) in [6.07, 6.45) is 0. The van der Waals surface area contributed by atoms with Crippen molar-refractivity contribution in [3.63, 3.8) is 0 Å². The van der Waals surface area contributed by atoms with Crippen LogP contribution in [0.2, 0.25) is 0 Å². The minimum Gasteiger partial charge on any atom is -1.00 e. The van der Waals surface area contributed by atoms with Crippen molar-refractivity contribution in [2.24, 2.45) is 5.34 Å². The van der Waals surface area contributed by atoms with E-state index in [0.29, 0.717) is 0 Å². The summed E-state index contributed by atoms with van der Waals surface area (Å²) < 4.78 is 22.8. The zero-order valence-electron chi connectivity index (χ0n) is 7.01. The minimum absolute atomic E-state index is 0. The van der Waals surface area contributed by atoms with Crippen LogP contribution in [0.25, 0.3) is 0 Å². The first kappa shape index (κ1) is 22.4. The number of nitrogens with zero attached hydrogens (tertiary/aromatic N) is 1. The SMILES string of the molecule is O=NO.O=S(O)O.[H-].[H-].[Na+].[Na+]. The molecule has 0 amide bonds. The third-order valence-electron chi connectivity index (χ3n) is 0. The van der Waals surface area contributed by atoms with E-state index in [-0.39, 0.29) is 62.0 Å². The Morgan fingerprint density at radius 2 is 1.33 bits per heavy atom. The van der Waals surface area contributed by atoms with Crippen LogP contribution in [0.4, 0.5) is 0 Å². The normalized spacial score (nSPS) is 5.22. The summed E-state index contributed by atoms with van der Waals surface area (Å²) in [4.78, 5) is 8.11. The first-order valence-electron chi connectivity index (χ1n) is 0.914. The standard InChI is InChI=1S/HNO2.2Na.H2O3S.2H/c2-1-3;;;1-4(2)3;;/h(H,2,3);;;(H2,1,2,3);;/q;2*+1;;2*-1. The van der Waals surface area contributed by atoms with Crippen molar-refractivity contribution in [3.8, 4) is 0 Å². The summed E-state index contributed by atoms with van der Waals surface area (Å²) in [7, 11) is 0. The van der Waals surface area contributed by atoms with E-state index in [2.05, 4.69) is 0 Å². The molecule has 0 aromatic rings. The van der Waals surface area contributed by atoms with E-state index in [1.54, 1.807) is 0 Å². The molecule has 0 aliphatic carbocycles. The molecule has 0 aromatic carbocycles. The predicted molar refractivity (Wildman–Crippen MR) is 23.2 cm³/mol. The van der Waals surface area contributed by atoms with Crippen molar-refractivity contribution in [1.82, 2.24) is 0 Å². The van der Waals surface area contributed by atoms with Gasteiger partial charge < -0.3 is 8.06 Å². The van der Waals surface area contributed by atoms with Crippen LogP contribution in [0.15, 0.2) is 5.34 Å². The van der Waals surface area contributed by atoms with Crippen LogP contribution in [0.5, 0.6) is 0 Å². The zero-order chi connectivity index (χ0) is 6.28. The Bertz CT molecular complexity index is 69.5. The van der Waals surface area contributed by atoms with Crippen LogP contribution in [0.1, 0.15) is 2.85 Å². The van der Waals surface area contributed by atoms with Gasteiger partial charge >= 0.3 is 59.1 Å². The van der Waals surface area contributed by atoms with Crippen molar-refractivity contribution < 1.29 is 80.5 Å². The van der Waals surface area contributed by atoms with E-state index in [0.717, 1.165) is 0 Å². The molecule has 0 rings (SSSR count). The van der Waals surface area contributed by atoms with Crippen LogP contribution < -0.4 is 59.1 Å². The van der Waals surface area contributed by atoms with Crippen molar-refractivity contribution in [3.05, 3.63) is 4.91 Å². The van der Waals surface area contributed by atoms with Gasteiger partial charge in [0.05, 0.1) is 0 Å². The molecule has 0 bridgehead atoms. The fourth-order valence-electron chi connectivity index (χ4n) is 0. The summed E-state index contributed by atoms with van der Waals surface area (Å²) in [6, 6.07) is 0. The topological polar surface area (TPSA) is 107 Å². The second-order valence-corrected chi connectivity index (χ2v) is 0.774. The van der Waals surface area contributed by atoms with Gasteiger partial charge in [0.25, 0.3) is 11.4 Å². The quantitative estimate of drug-likeness (QED) is 0.148. The number of hydrogen-bond acceptors (Lipinski definition) is 3. The van der Waals surface area contributed by atoms with E-state index >= 15 is 0 Å². The van der Waals surface area contributed by atoms with E-state index < -0.39 is 11.4 Å². The predicted octanol–water partition coefficient (Wildman–Crippen LogP) is -5.94. The summed E-state index contributed by atoms with van der Waals surface area (Å²) in [5.74, 6) is 0. The fraction of sp³-hybridized carbons (Fsp3) is 0. The van der Waals surface area contributed by atoms with E-state index in [1.807, 2.05) is 0 Å². The third kappa shape index (κ3) is 245. The molecule has 0 atom stereocenters. The summed E-state index contributed by atoms with van der Waals surface area (Å²) >= 11 is -2.61. The first-order valence-corrected chi connectivity index (χ1v) is 1.98. The first-order chi connectivity index (χ1) is 3.15. The average molecular weight is 177 g/mol. The summed E-state index contributed by atoms with van der Waals surface area (Å²) in [6.45, 7) is 0.